The number of ether oxygens (including phenoxy) is 1. The molecular weight excluding hydrogens is 408 g/mol. The van der Waals surface area contributed by atoms with Crippen LogP contribution in [0.1, 0.15) is 34.2 Å². The number of carbonyl (C=O) groups excluding carboxylic acids is 2. The molecule has 1 aromatic heterocycles. The van der Waals surface area contributed by atoms with Crippen molar-refractivity contribution in [2.45, 2.75) is 33.8 Å². The fraction of sp³-hybridized carbons (Fsp3) is 0.227. The predicted octanol–water partition coefficient (Wildman–Crippen LogP) is 3.60. The van der Waals surface area contributed by atoms with Crippen LogP contribution in [0.3, 0.4) is 0 Å². The Labute approximate surface area is 178 Å². The highest BCUT2D eigenvalue weighted by Gasteiger charge is 2.19. The van der Waals surface area contributed by atoms with Gasteiger partial charge in [0.25, 0.3) is 5.91 Å². The van der Waals surface area contributed by atoms with Crippen molar-refractivity contribution in [2.24, 2.45) is 0 Å². The number of hydrogen-bond donors (Lipinski definition) is 2. The molecule has 1 heterocycles. The monoisotopic (exact) mass is 428 g/mol. The quantitative estimate of drug-likeness (QED) is 0.619. The van der Waals surface area contributed by atoms with Gasteiger partial charge in [-0.2, -0.15) is 0 Å². The van der Waals surface area contributed by atoms with Crippen molar-refractivity contribution in [1.82, 2.24) is 10.9 Å². The van der Waals surface area contributed by atoms with Gasteiger partial charge in [0.1, 0.15) is 11.3 Å². The van der Waals surface area contributed by atoms with E-state index >= 15 is 0 Å². The van der Waals surface area contributed by atoms with Gasteiger partial charge in [0.2, 0.25) is 0 Å². The number of hydrogen-bond acceptors (Lipinski definition) is 5. The second-order valence-corrected chi connectivity index (χ2v) is 7.48. The molecule has 0 aliphatic carbocycles. The minimum absolute atomic E-state index is 0.213. The number of benzene rings is 2. The van der Waals surface area contributed by atoms with E-state index in [2.05, 4.69) is 10.9 Å². The Balaban J connectivity index is 1.67. The number of rotatable bonds is 4. The van der Waals surface area contributed by atoms with Crippen LogP contribution in [0, 0.1) is 20.8 Å². The van der Waals surface area contributed by atoms with Crippen LogP contribution in [-0.4, -0.2) is 17.9 Å². The fourth-order valence-corrected chi connectivity index (χ4v) is 3.30. The average Bonchev–Trinajstić information content (AvgIpc) is 2.68. The van der Waals surface area contributed by atoms with E-state index in [9.17, 15) is 14.4 Å². The van der Waals surface area contributed by atoms with Gasteiger partial charge in [-0.25, -0.2) is 0 Å². The second-order valence-electron chi connectivity index (χ2n) is 7.05. The fourth-order valence-electron chi connectivity index (χ4n) is 2.98. The van der Waals surface area contributed by atoms with Crippen LogP contribution in [0.2, 0.25) is 5.02 Å². The lowest BCUT2D eigenvalue weighted by Gasteiger charge is -2.18. The molecule has 0 saturated carbocycles. The first-order valence-electron chi connectivity index (χ1n) is 9.24. The summed E-state index contributed by atoms with van der Waals surface area (Å²) in [6, 6.07) is 9.63. The molecule has 3 aromatic rings. The van der Waals surface area contributed by atoms with Crippen LogP contribution < -0.4 is 21.0 Å². The lowest BCUT2D eigenvalue weighted by atomic mass is 10.1. The maximum atomic E-state index is 12.3. The number of amides is 2. The normalized spacial score (nSPS) is 11.8. The number of halogens is 1. The lowest BCUT2D eigenvalue weighted by Crippen LogP contribution is -2.47. The van der Waals surface area contributed by atoms with E-state index in [0.717, 1.165) is 22.8 Å². The molecular formula is C22H21ClN2O5. The molecule has 0 fully saturated rings. The molecule has 0 saturated heterocycles. The topological polar surface area (TPSA) is 97.6 Å². The largest absolute Gasteiger partial charge is 0.480 e. The molecule has 156 valence electrons. The molecule has 1 atom stereocenters. The SMILES string of the molecule is Cc1ccc2oc(C(=O)NNC(=O)[C@@H](C)Oc3c(C)cc(Cl)cc3C)cc(=O)c2c1. The van der Waals surface area contributed by atoms with E-state index in [1.807, 2.05) is 20.8 Å². The molecule has 0 aliphatic rings. The minimum Gasteiger partial charge on any atom is -0.480 e. The van der Waals surface area contributed by atoms with E-state index in [0.29, 0.717) is 16.2 Å². The van der Waals surface area contributed by atoms with Gasteiger partial charge in [0, 0.05) is 11.1 Å². The second kappa shape index (κ2) is 8.59. The molecule has 0 spiro atoms. The highest BCUT2D eigenvalue weighted by molar-refractivity contribution is 6.30. The zero-order valence-corrected chi connectivity index (χ0v) is 17.7. The molecule has 2 aromatic carbocycles. The highest BCUT2D eigenvalue weighted by atomic mass is 35.5. The van der Waals surface area contributed by atoms with E-state index in [4.69, 9.17) is 20.8 Å². The summed E-state index contributed by atoms with van der Waals surface area (Å²) in [4.78, 5) is 36.9. The molecule has 2 N–H and O–H groups in total. The molecule has 3 rings (SSSR count). The lowest BCUT2D eigenvalue weighted by molar-refractivity contribution is -0.128. The Morgan fingerprint density at radius 1 is 1.03 bits per heavy atom. The van der Waals surface area contributed by atoms with Crippen molar-refractivity contribution in [3.05, 3.63) is 74.1 Å². The zero-order chi connectivity index (χ0) is 22.0. The zero-order valence-electron chi connectivity index (χ0n) is 17.0. The maximum Gasteiger partial charge on any atom is 0.305 e. The molecule has 30 heavy (non-hydrogen) atoms. The number of aryl methyl sites for hydroxylation is 3. The standard InChI is InChI=1S/C22H21ClN2O5/c1-11-5-6-18-16(7-11)17(26)10-19(30-18)22(28)25-24-21(27)14(4)29-20-12(2)8-15(23)9-13(20)3/h5-10,14H,1-4H3,(H,24,27)(H,25,28)/t14-/m1/s1. The first kappa shape index (κ1) is 21.4. The van der Waals surface area contributed by atoms with Crippen LogP contribution in [0.4, 0.5) is 0 Å². The van der Waals surface area contributed by atoms with Crippen molar-refractivity contribution in [3.8, 4) is 5.75 Å². The van der Waals surface area contributed by atoms with Gasteiger partial charge < -0.3 is 9.15 Å². The van der Waals surface area contributed by atoms with Gasteiger partial charge in [-0.1, -0.05) is 23.2 Å². The van der Waals surface area contributed by atoms with Crippen LogP contribution in [0.25, 0.3) is 11.0 Å². The maximum absolute atomic E-state index is 12.3. The van der Waals surface area contributed by atoms with Gasteiger partial charge >= 0.3 is 5.91 Å². The number of hydrazine groups is 1. The van der Waals surface area contributed by atoms with E-state index in [1.165, 1.54) is 0 Å². The summed E-state index contributed by atoms with van der Waals surface area (Å²) < 4.78 is 11.2. The van der Waals surface area contributed by atoms with Crippen LogP contribution >= 0.6 is 11.6 Å². The predicted molar refractivity (Wildman–Crippen MR) is 114 cm³/mol. The number of carbonyl (C=O) groups is 2. The average molecular weight is 429 g/mol. The molecule has 7 nitrogen and oxygen atoms in total. The first-order valence-corrected chi connectivity index (χ1v) is 9.61. The molecule has 2 amide bonds. The smallest absolute Gasteiger partial charge is 0.305 e. The Bertz CT molecular complexity index is 1180. The summed E-state index contributed by atoms with van der Waals surface area (Å²) in [6.45, 7) is 7.05. The van der Waals surface area contributed by atoms with Gasteiger partial charge in [0.05, 0.1) is 5.39 Å². The Morgan fingerprint density at radius 2 is 1.70 bits per heavy atom. The van der Waals surface area contributed by atoms with Gasteiger partial charge in [-0.05, 0) is 63.1 Å². The number of fused-ring (bicyclic) bond motifs is 1. The van der Waals surface area contributed by atoms with Gasteiger partial charge in [-0.15, -0.1) is 0 Å². The van der Waals surface area contributed by atoms with E-state index in [-0.39, 0.29) is 16.8 Å². The van der Waals surface area contributed by atoms with Crippen LogP contribution in [-0.2, 0) is 4.79 Å². The van der Waals surface area contributed by atoms with Crippen molar-refractivity contribution >= 4 is 34.4 Å². The Morgan fingerprint density at radius 3 is 2.37 bits per heavy atom. The summed E-state index contributed by atoms with van der Waals surface area (Å²) in [6.07, 6.45) is -0.893. The van der Waals surface area contributed by atoms with E-state index < -0.39 is 17.9 Å². The Hall–Kier alpha value is -3.32. The summed E-state index contributed by atoms with van der Waals surface area (Å²) in [5, 5.41) is 0.958. The third kappa shape index (κ3) is 4.63. The van der Waals surface area contributed by atoms with Crippen LogP contribution in [0.5, 0.6) is 5.75 Å². The van der Waals surface area contributed by atoms with Gasteiger partial charge in [0.15, 0.2) is 17.3 Å². The van der Waals surface area contributed by atoms with E-state index in [1.54, 1.807) is 37.3 Å². The first-order chi connectivity index (χ1) is 14.2. The molecule has 0 radical (unpaired) electrons. The molecule has 0 aliphatic heterocycles. The molecule has 8 heteroatoms. The third-order valence-electron chi connectivity index (χ3n) is 4.49. The van der Waals surface area contributed by atoms with Crippen molar-refractivity contribution < 1.29 is 18.7 Å². The summed E-state index contributed by atoms with van der Waals surface area (Å²) in [5.74, 6) is -0.997. The van der Waals surface area contributed by atoms with Crippen LogP contribution in [0.15, 0.2) is 45.6 Å². The summed E-state index contributed by atoms with van der Waals surface area (Å²) >= 11 is 6.01. The minimum atomic E-state index is -0.893. The van der Waals surface area contributed by atoms with Crippen molar-refractivity contribution in [1.29, 1.82) is 0 Å². The molecule has 0 unspecified atom stereocenters. The van der Waals surface area contributed by atoms with Crippen molar-refractivity contribution in [3.63, 3.8) is 0 Å². The third-order valence-corrected chi connectivity index (χ3v) is 4.71. The number of nitrogens with one attached hydrogen (secondary N) is 2. The molecule has 0 bridgehead atoms. The summed E-state index contributed by atoms with van der Waals surface area (Å²) in [5.41, 5.74) is 6.93. The highest BCUT2D eigenvalue weighted by Crippen LogP contribution is 2.27. The summed E-state index contributed by atoms with van der Waals surface area (Å²) in [7, 11) is 0. The Kier molecular flexibility index (Phi) is 6.12. The van der Waals surface area contributed by atoms with Gasteiger partial charge in [-0.3, -0.25) is 25.2 Å². The van der Waals surface area contributed by atoms with Crippen molar-refractivity contribution in [2.75, 3.05) is 0 Å².